The van der Waals surface area contributed by atoms with E-state index in [0.29, 0.717) is 38.5 Å². The largest absolute Gasteiger partial charge is 0.377 e. The predicted octanol–water partition coefficient (Wildman–Crippen LogP) is 6.33. The number of Topliss-reactive ketones (excluding diaryl/α,β-unsaturated/α-hetero) is 2. The highest BCUT2D eigenvalue weighted by Crippen LogP contribution is 2.52. The first-order valence-corrected chi connectivity index (χ1v) is 14.8. The van der Waals surface area contributed by atoms with Gasteiger partial charge in [-0.15, -0.1) is 0 Å². The topological polar surface area (TPSA) is 80.8 Å². The minimum Gasteiger partial charge on any atom is -0.377 e. The van der Waals surface area contributed by atoms with Gasteiger partial charge in [-0.25, -0.2) is 0 Å². The van der Waals surface area contributed by atoms with Crippen molar-refractivity contribution in [2.24, 2.45) is 0 Å². The Hall–Kier alpha value is -2.23. The average molecular weight is 635 g/mol. The molecule has 0 atom stereocenters. The van der Waals surface area contributed by atoms with Gasteiger partial charge in [0.15, 0.2) is 17.3 Å². The minimum atomic E-state index is -4.18. The maximum Gasteiger partial charge on any atom is 0.339 e. The molecule has 36 heavy (non-hydrogen) atoms. The Morgan fingerprint density at radius 1 is 0.889 bits per heavy atom. The summed E-state index contributed by atoms with van der Waals surface area (Å²) in [4.78, 5) is 28.8. The lowest BCUT2D eigenvalue weighted by Gasteiger charge is -2.42. The summed E-state index contributed by atoms with van der Waals surface area (Å²) >= 11 is 7.00. The van der Waals surface area contributed by atoms with Gasteiger partial charge in [-0.3, -0.25) is 9.59 Å². The summed E-state index contributed by atoms with van der Waals surface area (Å²) in [6.07, 6.45) is 3.75. The highest BCUT2D eigenvalue weighted by molar-refractivity contribution is 9.11. The van der Waals surface area contributed by atoms with E-state index in [9.17, 15) is 18.0 Å². The third-order valence-corrected chi connectivity index (χ3v) is 9.38. The number of nitrogens with zero attached hydrogens (tertiary/aromatic N) is 1. The van der Waals surface area contributed by atoms with Crippen molar-refractivity contribution in [2.45, 2.75) is 56.3 Å². The molecule has 0 saturated heterocycles. The molecular weight excluding hydrogens is 610 g/mol. The molecule has 2 aliphatic carbocycles. The van der Waals surface area contributed by atoms with E-state index >= 15 is 0 Å². The Balaban J connectivity index is 1.73. The second kappa shape index (κ2) is 9.58. The number of hydrogen-bond donors (Lipinski definition) is 0. The first kappa shape index (κ1) is 25.4. The molecule has 0 bridgehead atoms. The maximum atomic E-state index is 13.4. The highest BCUT2D eigenvalue weighted by atomic mass is 79.9. The molecule has 0 fully saturated rings. The van der Waals surface area contributed by atoms with Crippen molar-refractivity contribution >= 4 is 53.5 Å². The molecule has 5 rings (SSSR count). The number of hydrogen-bond acceptors (Lipinski definition) is 6. The van der Waals surface area contributed by atoms with Crippen LogP contribution in [0.1, 0.15) is 55.6 Å². The highest BCUT2D eigenvalue weighted by Gasteiger charge is 2.44. The molecule has 0 unspecified atom stereocenters. The van der Waals surface area contributed by atoms with Gasteiger partial charge in [-0.05, 0) is 72.8 Å². The molecule has 2 aromatic rings. The molecule has 3 aliphatic rings. The van der Waals surface area contributed by atoms with Crippen LogP contribution in [0.15, 0.2) is 72.8 Å². The van der Waals surface area contributed by atoms with Crippen molar-refractivity contribution in [1.29, 1.82) is 0 Å². The number of carbonyl (C=O) groups is 2. The standard InChI is InChI=1S/C27H25Br2NO5S/c1-15-9-11-17(12-10-15)36(33,34)35-27-18(13-16(28)14-19(27)29)24-25-20(5-3-7-22(25)31)30(2)21-6-4-8-23(32)26(21)24/h9-14,24H,3-8H2,1-2H3. The van der Waals surface area contributed by atoms with Crippen molar-refractivity contribution in [1.82, 2.24) is 4.90 Å². The van der Waals surface area contributed by atoms with Crippen LogP contribution >= 0.6 is 31.9 Å². The minimum absolute atomic E-state index is 0.0125. The quantitative estimate of drug-likeness (QED) is 0.366. The summed E-state index contributed by atoms with van der Waals surface area (Å²) < 4.78 is 33.5. The molecule has 2 aromatic carbocycles. The summed E-state index contributed by atoms with van der Waals surface area (Å²) in [5, 5.41) is 0. The first-order chi connectivity index (χ1) is 17.1. The molecule has 0 spiro atoms. The van der Waals surface area contributed by atoms with Crippen LogP contribution in [-0.2, 0) is 19.7 Å². The van der Waals surface area contributed by atoms with Gasteiger partial charge in [0, 0.05) is 58.4 Å². The van der Waals surface area contributed by atoms with Crippen molar-refractivity contribution in [3.63, 3.8) is 0 Å². The molecule has 0 N–H and O–H groups in total. The predicted molar refractivity (Wildman–Crippen MR) is 143 cm³/mol. The van der Waals surface area contributed by atoms with Gasteiger partial charge in [-0.2, -0.15) is 8.42 Å². The van der Waals surface area contributed by atoms with E-state index in [1.165, 1.54) is 12.1 Å². The first-order valence-electron chi connectivity index (χ1n) is 11.8. The van der Waals surface area contributed by atoms with Crippen LogP contribution in [0.3, 0.4) is 0 Å². The van der Waals surface area contributed by atoms with E-state index in [0.717, 1.165) is 42.6 Å². The van der Waals surface area contributed by atoms with Gasteiger partial charge in [0.1, 0.15) is 4.90 Å². The zero-order valence-corrected chi connectivity index (χ0v) is 23.9. The fraction of sp³-hybridized carbons (Fsp3) is 0.333. The lowest BCUT2D eigenvalue weighted by atomic mass is 9.71. The number of halogens is 2. The third kappa shape index (κ3) is 4.39. The molecule has 0 amide bonds. The fourth-order valence-corrected chi connectivity index (χ4v) is 7.83. The van der Waals surface area contributed by atoms with Crippen LogP contribution in [-0.4, -0.2) is 31.9 Å². The number of allylic oxidation sites excluding steroid dienone is 4. The van der Waals surface area contributed by atoms with Crippen molar-refractivity contribution in [3.05, 3.63) is 79.0 Å². The zero-order valence-electron chi connectivity index (χ0n) is 19.9. The Morgan fingerprint density at radius 3 is 2.00 bits per heavy atom. The van der Waals surface area contributed by atoms with Crippen LogP contribution in [0.4, 0.5) is 0 Å². The summed E-state index contributed by atoms with van der Waals surface area (Å²) in [5.41, 5.74) is 4.36. The monoisotopic (exact) mass is 633 g/mol. The van der Waals surface area contributed by atoms with Gasteiger partial charge in [0.05, 0.1) is 4.47 Å². The van der Waals surface area contributed by atoms with E-state index in [-0.39, 0.29) is 22.2 Å². The normalized spacial score (nSPS) is 18.9. The van der Waals surface area contributed by atoms with Crippen LogP contribution in [0.2, 0.25) is 0 Å². The summed E-state index contributed by atoms with van der Waals surface area (Å²) in [7, 11) is -2.26. The molecule has 6 nitrogen and oxygen atoms in total. The van der Waals surface area contributed by atoms with Crippen LogP contribution in [0.5, 0.6) is 5.75 Å². The number of ketones is 2. The van der Waals surface area contributed by atoms with E-state index in [1.807, 2.05) is 18.9 Å². The number of rotatable bonds is 4. The molecule has 1 heterocycles. The summed E-state index contributed by atoms with van der Waals surface area (Å²) in [6.45, 7) is 1.87. The van der Waals surface area contributed by atoms with Gasteiger partial charge < -0.3 is 9.08 Å². The van der Waals surface area contributed by atoms with E-state index in [4.69, 9.17) is 4.18 Å². The van der Waals surface area contributed by atoms with Crippen molar-refractivity contribution < 1.29 is 22.2 Å². The molecule has 1 aliphatic heterocycles. The van der Waals surface area contributed by atoms with Crippen LogP contribution in [0, 0.1) is 6.92 Å². The maximum absolute atomic E-state index is 13.4. The smallest absolute Gasteiger partial charge is 0.339 e. The zero-order chi connectivity index (χ0) is 25.8. The SMILES string of the molecule is Cc1ccc(S(=O)(=O)Oc2c(Br)cc(Br)cc2C2C3=C(CCCC3=O)N(C)C3=C2C(=O)CCC3)cc1. The molecule has 9 heteroatoms. The van der Waals surface area contributed by atoms with Gasteiger partial charge in [0.2, 0.25) is 0 Å². The lowest BCUT2D eigenvalue weighted by Crippen LogP contribution is -2.37. The van der Waals surface area contributed by atoms with E-state index < -0.39 is 16.0 Å². The van der Waals surface area contributed by atoms with E-state index in [1.54, 1.807) is 24.3 Å². The van der Waals surface area contributed by atoms with Crippen molar-refractivity contribution in [2.75, 3.05) is 7.05 Å². The van der Waals surface area contributed by atoms with Crippen LogP contribution in [0.25, 0.3) is 0 Å². The Kier molecular flexibility index (Phi) is 6.76. The Labute approximate surface area is 227 Å². The molecule has 0 radical (unpaired) electrons. The molecular formula is C27H25Br2NO5S. The Bertz CT molecular complexity index is 1410. The third-order valence-electron chi connectivity index (χ3n) is 7.10. The van der Waals surface area contributed by atoms with Gasteiger partial charge in [-0.1, -0.05) is 33.6 Å². The number of benzene rings is 2. The molecule has 188 valence electrons. The number of carbonyl (C=O) groups excluding carboxylic acids is 2. The second-order valence-electron chi connectivity index (χ2n) is 9.42. The average Bonchev–Trinajstić information content (AvgIpc) is 2.82. The molecule has 0 aromatic heterocycles. The van der Waals surface area contributed by atoms with Gasteiger partial charge >= 0.3 is 10.1 Å². The fourth-order valence-electron chi connectivity index (χ4n) is 5.41. The van der Waals surface area contributed by atoms with Crippen LogP contribution < -0.4 is 4.18 Å². The van der Waals surface area contributed by atoms with E-state index in [2.05, 4.69) is 31.9 Å². The summed E-state index contributed by atoms with van der Waals surface area (Å²) in [6, 6.07) is 9.89. The molecule has 0 saturated carbocycles. The second-order valence-corrected chi connectivity index (χ2v) is 12.7. The lowest BCUT2D eigenvalue weighted by molar-refractivity contribution is -0.117. The van der Waals surface area contributed by atoms with Crippen molar-refractivity contribution in [3.8, 4) is 5.75 Å². The Morgan fingerprint density at radius 2 is 1.44 bits per heavy atom. The van der Waals surface area contributed by atoms with Gasteiger partial charge in [0.25, 0.3) is 0 Å². The summed E-state index contributed by atoms with van der Waals surface area (Å²) in [5.74, 6) is -0.629. The number of aryl methyl sites for hydroxylation is 1.